The summed E-state index contributed by atoms with van der Waals surface area (Å²) in [6, 6.07) is 9.50. The highest BCUT2D eigenvalue weighted by Crippen LogP contribution is 2.28. The molecule has 0 aliphatic heterocycles. The predicted molar refractivity (Wildman–Crippen MR) is 90.8 cm³/mol. The van der Waals surface area contributed by atoms with E-state index in [1.807, 2.05) is 0 Å². The van der Waals surface area contributed by atoms with E-state index >= 15 is 0 Å². The molecule has 1 N–H and O–H groups in total. The van der Waals surface area contributed by atoms with Gasteiger partial charge < -0.3 is 10.2 Å². The molecule has 1 amide bonds. The molecule has 25 heavy (non-hydrogen) atoms. The third-order valence-corrected chi connectivity index (χ3v) is 3.59. The monoisotopic (exact) mass is 340 g/mol. The molecular formula is C18H14F2N4O. The number of amides is 1. The van der Waals surface area contributed by atoms with Crippen LogP contribution in [0.2, 0.25) is 0 Å². The summed E-state index contributed by atoms with van der Waals surface area (Å²) < 4.78 is 27.4. The van der Waals surface area contributed by atoms with Gasteiger partial charge in [-0.25, -0.2) is 18.7 Å². The van der Waals surface area contributed by atoms with Crippen molar-refractivity contribution >= 4 is 23.0 Å². The van der Waals surface area contributed by atoms with E-state index in [4.69, 9.17) is 0 Å². The van der Waals surface area contributed by atoms with Gasteiger partial charge in [0.1, 0.15) is 18.0 Å². The number of nitrogens with one attached hydrogen (secondary N) is 1. The largest absolute Gasteiger partial charge is 0.340 e. The SMILES string of the molecule is CN(c1cncnc1)c1cc(NC(=O)c2cccc(F)c2)ccc1F. The van der Waals surface area contributed by atoms with Gasteiger partial charge in [0.05, 0.1) is 23.8 Å². The minimum Gasteiger partial charge on any atom is -0.340 e. The quantitative estimate of drug-likeness (QED) is 0.785. The first kappa shape index (κ1) is 16.5. The highest BCUT2D eigenvalue weighted by Gasteiger charge is 2.13. The Morgan fingerprint density at radius 1 is 1.08 bits per heavy atom. The fourth-order valence-corrected chi connectivity index (χ4v) is 2.28. The van der Waals surface area contributed by atoms with Crippen molar-refractivity contribution in [2.75, 3.05) is 17.3 Å². The van der Waals surface area contributed by atoms with Gasteiger partial charge in [-0.2, -0.15) is 0 Å². The lowest BCUT2D eigenvalue weighted by atomic mass is 10.2. The third kappa shape index (κ3) is 3.77. The second kappa shape index (κ2) is 7.04. The van der Waals surface area contributed by atoms with Crippen LogP contribution in [0.4, 0.5) is 25.8 Å². The van der Waals surface area contributed by atoms with Gasteiger partial charge in [0.25, 0.3) is 5.91 Å². The summed E-state index contributed by atoms with van der Waals surface area (Å²) in [5, 5.41) is 2.63. The maximum atomic E-state index is 14.2. The van der Waals surface area contributed by atoms with Crippen LogP contribution in [0.1, 0.15) is 10.4 Å². The number of benzene rings is 2. The number of hydrogen-bond donors (Lipinski definition) is 1. The number of anilines is 3. The molecule has 3 aromatic rings. The number of halogens is 2. The molecule has 0 fully saturated rings. The Hall–Kier alpha value is -3.35. The second-order valence-corrected chi connectivity index (χ2v) is 5.29. The summed E-state index contributed by atoms with van der Waals surface area (Å²) >= 11 is 0. The van der Waals surface area contributed by atoms with Crippen molar-refractivity contribution in [3.05, 3.63) is 78.4 Å². The first-order valence-electron chi connectivity index (χ1n) is 7.40. The van der Waals surface area contributed by atoms with E-state index in [-0.39, 0.29) is 11.3 Å². The van der Waals surface area contributed by atoms with Crippen LogP contribution >= 0.6 is 0 Å². The molecule has 1 heterocycles. The molecule has 3 rings (SSSR count). The number of nitrogens with zero attached hydrogens (tertiary/aromatic N) is 3. The first-order chi connectivity index (χ1) is 12.0. The van der Waals surface area contributed by atoms with Crippen LogP contribution in [0, 0.1) is 11.6 Å². The fraction of sp³-hybridized carbons (Fsp3) is 0.0556. The Bertz CT molecular complexity index is 903. The van der Waals surface area contributed by atoms with Crippen LogP contribution in [0.3, 0.4) is 0 Å². The van der Waals surface area contributed by atoms with E-state index < -0.39 is 17.5 Å². The predicted octanol–water partition coefficient (Wildman–Crippen LogP) is 3.78. The molecule has 0 saturated carbocycles. The lowest BCUT2D eigenvalue weighted by Gasteiger charge is -2.20. The summed E-state index contributed by atoms with van der Waals surface area (Å²) in [7, 11) is 1.66. The summed E-state index contributed by atoms with van der Waals surface area (Å²) in [6.07, 6.45) is 4.47. The number of carbonyl (C=O) groups is 1. The molecule has 7 heteroatoms. The molecule has 5 nitrogen and oxygen atoms in total. The Kier molecular flexibility index (Phi) is 4.65. The highest BCUT2D eigenvalue weighted by molar-refractivity contribution is 6.04. The molecule has 2 aromatic carbocycles. The van der Waals surface area contributed by atoms with Gasteiger partial charge in [-0.3, -0.25) is 4.79 Å². The van der Waals surface area contributed by atoms with E-state index in [2.05, 4.69) is 15.3 Å². The van der Waals surface area contributed by atoms with Crippen LogP contribution in [0.15, 0.2) is 61.2 Å². The Labute approximate surface area is 143 Å². The molecule has 0 atom stereocenters. The van der Waals surface area contributed by atoms with Crippen LogP contribution < -0.4 is 10.2 Å². The standard InChI is InChI=1S/C18H14F2N4O/c1-24(15-9-21-11-22-10-15)17-8-14(5-6-16(17)20)23-18(25)12-3-2-4-13(19)7-12/h2-11H,1H3,(H,23,25). The highest BCUT2D eigenvalue weighted by atomic mass is 19.1. The Balaban J connectivity index is 1.85. The minimum absolute atomic E-state index is 0.177. The van der Waals surface area contributed by atoms with E-state index in [1.165, 1.54) is 42.7 Å². The zero-order chi connectivity index (χ0) is 17.8. The summed E-state index contributed by atoms with van der Waals surface area (Å²) in [5.41, 5.74) is 1.40. The van der Waals surface area contributed by atoms with Gasteiger partial charge in [0.15, 0.2) is 0 Å². The van der Waals surface area contributed by atoms with Crippen molar-refractivity contribution < 1.29 is 13.6 Å². The zero-order valence-corrected chi connectivity index (χ0v) is 13.3. The molecule has 0 unspecified atom stereocenters. The summed E-state index contributed by atoms with van der Waals surface area (Å²) in [5.74, 6) is -1.45. The fourth-order valence-electron chi connectivity index (χ4n) is 2.28. The molecule has 0 radical (unpaired) electrons. The summed E-state index contributed by atoms with van der Waals surface area (Å²) in [4.78, 5) is 21.6. The number of hydrogen-bond acceptors (Lipinski definition) is 4. The van der Waals surface area contributed by atoms with E-state index in [1.54, 1.807) is 24.3 Å². The Morgan fingerprint density at radius 3 is 2.56 bits per heavy atom. The van der Waals surface area contributed by atoms with Gasteiger partial charge in [0, 0.05) is 18.3 Å². The molecule has 126 valence electrons. The first-order valence-corrected chi connectivity index (χ1v) is 7.40. The van der Waals surface area contributed by atoms with Crippen molar-refractivity contribution in [1.29, 1.82) is 0 Å². The Morgan fingerprint density at radius 2 is 1.84 bits per heavy atom. The van der Waals surface area contributed by atoms with Crippen LogP contribution in [0.5, 0.6) is 0 Å². The normalized spacial score (nSPS) is 10.4. The lowest BCUT2D eigenvalue weighted by molar-refractivity contribution is 0.102. The minimum atomic E-state index is -0.503. The van der Waals surface area contributed by atoms with Crippen LogP contribution in [0.25, 0.3) is 0 Å². The maximum absolute atomic E-state index is 14.2. The summed E-state index contributed by atoms with van der Waals surface area (Å²) in [6.45, 7) is 0. The average Bonchev–Trinajstić information content (AvgIpc) is 2.63. The van der Waals surface area contributed by atoms with Gasteiger partial charge >= 0.3 is 0 Å². The molecule has 0 aliphatic rings. The third-order valence-electron chi connectivity index (χ3n) is 3.59. The molecular weight excluding hydrogens is 326 g/mol. The van der Waals surface area contributed by atoms with Crippen molar-refractivity contribution in [3.63, 3.8) is 0 Å². The smallest absolute Gasteiger partial charge is 0.255 e. The van der Waals surface area contributed by atoms with Gasteiger partial charge in [-0.1, -0.05) is 6.07 Å². The van der Waals surface area contributed by atoms with E-state index in [0.29, 0.717) is 11.4 Å². The second-order valence-electron chi connectivity index (χ2n) is 5.29. The maximum Gasteiger partial charge on any atom is 0.255 e. The van der Waals surface area contributed by atoms with Crippen LogP contribution in [-0.2, 0) is 0 Å². The van der Waals surface area contributed by atoms with Crippen molar-refractivity contribution in [1.82, 2.24) is 9.97 Å². The molecule has 0 saturated heterocycles. The van der Waals surface area contributed by atoms with Crippen molar-refractivity contribution in [2.24, 2.45) is 0 Å². The molecule has 0 aliphatic carbocycles. The lowest BCUT2D eigenvalue weighted by Crippen LogP contribution is -2.15. The topological polar surface area (TPSA) is 58.1 Å². The van der Waals surface area contributed by atoms with Gasteiger partial charge in [-0.15, -0.1) is 0 Å². The molecule has 1 aromatic heterocycles. The number of aromatic nitrogens is 2. The average molecular weight is 340 g/mol. The molecule has 0 bridgehead atoms. The van der Waals surface area contributed by atoms with E-state index in [0.717, 1.165) is 6.07 Å². The number of carbonyl (C=O) groups excluding carboxylic acids is 1. The van der Waals surface area contributed by atoms with Gasteiger partial charge in [0.2, 0.25) is 0 Å². The van der Waals surface area contributed by atoms with Crippen LogP contribution in [-0.4, -0.2) is 22.9 Å². The zero-order valence-electron chi connectivity index (χ0n) is 13.3. The van der Waals surface area contributed by atoms with Crippen molar-refractivity contribution in [3.8, 4) is 0 Å². The number of rotatable bonds is 4. The van der Waals surface area contributed by atoms with Gasteiger partial charge in [-0.05, 0) is 36.4 Å². The van der Waals surface area contributed by atoms with E-state index in [9.17, 15) is 13.6 Å². The van der Waals surface area contributed by atoms with Crippen molar-refractivity contribution in [2.45, 2.75) is 0 Å². The molecule has 0 spiro atoms.